The molecule has 0 atom stereocenters. The fraction of sp³-hybridized carbons (Fsp3) is 0.429. The van der Waals surface area contributed by atoms with Crippen molar-refractivity contribution in [1.29, 1.82) is 0 Å². The molecule has 1 aliphatic rings. The van der Waals surface area contributed by atoms with E-state index in [1.54, 1.807) is 18.5 Å². The Balaban J connectivity index is 1.68. The van der Waals surface area contributed by atoms with E-state index in [-0.39, 0.29) is 5.82 Å². The van der Waals surface area contributed by atoms with Crippen LogP contribution in [-0.4, -0.2) is 20.8 Å². The van der Waals surface area contributed by atoms with Crippen molar-refractivity contribution in [2.75, 3.05) is 0 Å². The van der Waals surface area contributed by atoms with E-state index in [1.807, 2.05) is 4.57 Å². The Bertz CT molecular complexity index is 543. The van der Waals surface area contributed by atoms with Crippen molar-refractivity contribution in [3.63, 3.8) is 0 Å². The maximum absolute atomic E-state index is 12.9. The molecule has 2 N–H and O–H groups in total. The van der Waals surface area contributed by atoms with Gasteiger partial charge in [0.2, 0.25) is 0 Å². The lowest BCUT2D eigenvalue weighted by atomic mass is 9.78. The summed E-state index contributed by atoms with van der Waals surface area (Å²) in [5.41, 5.74) is 6.84. The van der Waals surface area contributed by atoms with E-state index in [1.165, 1.54) is 12.1 Å². The van der Waals surface area contributed by atoms with Gasteiger partial charge in [0.05, 0.1) is 6.54 Å². The lowest BCUT2D eigenvalue weighted by Gasteiger charge is -2.32. The van der Waals surface area contributed by atoms with Crippen LogP contribution in [0.1, 0.15) is 24.2 Å². The summed E-state index contributed by atoms with van der Waals surface area (Å²) in [5, 5.41) is 8.15. The molecular weight excluding hydrogens is 243 g/mol. The van der Waals surface area contributed by atoms with Crippen LogP contribution in [0.5, 0.6) is 0 Å². The summed E-state index contributed by atoms with van der Waals surface area (Å²) in [4.78, 5) is 0. The lowest BCUT2D eigenvalue weighted by Crippen LogP contribution is -2.37. The minimum Gasteiger partial charge on any atom is -0.328 e. The first-order valence-corrected chi connectivity index (χ1v) is 6.57. The summed E-state index contributed by atoms with van der Waals surface area (Å²) >= 11 is 0. The summed E-state index contributed by atoms with van der Waals surface area (Å²) in [6.07, 6.45) is 4.80. The van der Waals surface area contributed by atoms with Crippen LogP contribution in [-0.2, 0) is 13.0 Å². The van der Waals surface area contributed by atoms with Gasteiger partial charge in [-0.05, 0) is 36.5 Å². The average molecular weight is 260 g/mol. The Kier molecular flexibility index (Phi) is 3.29. The third-order valence-corrected chi connectivity index (χ3v) is 3.71. The molecule has 0 amide bonds. The van der Waals surface area contributed by atoms with E-state index in [4.69, 9.17) is 5.73 Å². The van der Waals surface area contributed by atoms with E-state index in [9.17, 15) is 4.39 Å². The smallest absolute Gasteiger partial charge is 0.133 e. The fourth-order valence-electron chi connectivity index (χ4n) is 2.57. The van der Waals surface area contributed by atoms with Crippen molar-refractivity contribution in [1.82, 2.24) is 14.8 Å². The molecule has 0 unspecified atom stereocenters. The Morgan fingerprint density at radius 3 is 2.68 bits per heavy atom. The van der Waals surface area contributed by atoms with Crippen LogP contribution in [0.4, 0.5) is 4.39 Å². The molecule has 1 aromatic carbocycles. The summed E-state index contributed by atoms with van der Waals surface area (Å²) in [5.74, 6) is 1.41. The molecule has 0 spiro atoms. The van der Waals surface area contributed by atoms with Crippen molar-refractivity contribution in [3.05, 3.63) is 47.8 Å². The van der Waals surface area contributed by atoms with Crippen LogP contribution < -0.4 is 5.73 Å². The van der Waals surface area contributed by atoms with E-state index < -0.39 is 0 Å². The highest BCUT2D eigenvalue weighted by atomic mass is 19.1. The van der Waals surface area contributed by atoms with E-state index >= 15 is 0 Å². The molecule has 3 rings (SSSR count). The highest BCUT2D eigenvalue weighted by molar-refractivity contribution is 5.16. The first-order chi connectivity index (χ1) is 9.20. The first kappa shape index (κ1) is 12.3. The Labute approximate surface area is 111 Å². The van der Waals surface area contributed by atoms with E-state index in [0.29, 0.717) is 18.5 Å². The molecule has 0 aliphatic heterocycles. The van der Waals surface area contributed by atoms with Crippen LogP contribution in [0.2, 0.25) is 0 Å². The van der Waals surface area contributed by atoms with Crippen molar-refractivity contribution < 1.29 is 4.39 Å². The number of nitrogens with two attached hydrogens (primary N) is 1. The molecule has 4 nitrogen and oxygen atoms in total. The topological polar surface area (TPSA) is 56.7 Å². The number of hydrogen-bond donors (Lipinski definition) is 1. The monoisotopic (exact) mass is 260 g/mol. The van der Waals surface area contributed by atoms with Crippen LogP contribution in [0.3, 0.4) is 0 Å². The summed E-state index contributed by atoms with van der Waals surface area (Å²) in [6, 6.07) is 6.89. The molecule has 1 aliphatic carbocycles. The van der Waals surface area contributed by atoms with Crippen LogP contribution in [0.25, 0.3) is 0 Å². The molecule has 1 fully saturated rings. The van der Waals surface area contributed by atoms with E-state index in [2.05, 4.69) is 10.2 Å². The van der Waals surface area contributed by atoms with Crippen LogP contribution in [0, 0.1) is 11.7 Å². The lowest BCUT2D eigenvalue weighted by molar-refractivity contribution is 0.258. The van der Waals surface area contributed by atoms with Gasteiger partial charge in [0, 0.05) is 12.5 Å². The quantitative estimate of drug-likeness (QED) is 0.911. The molecule has 19 heavy (non-hydrogen) atoms. The zero-order valence-electron chi connectivity index (χ0n) is 10.7. The average Bonchev–Trinajstić information content (AvgIpc) is 2.78. The Morgan fingerprint density at radius 2 is 2.00 bits per heavy atom. The molecule has 1 aromatic heterocycles. The standard InChI is InChI=1S/C14H17FN4/c15-12-3-1-10(2-4-12)8-19-9-17-18-14(19)7-11-5-13(16)6-11/h1-4,9,11,13H,5-8,16H2. The van der Waals surface area contributed by atoms with Gasteiger partial charge in [0.1, 0.15) is 18.0 Å². The largest absolute Gasteiger partial charge is 0.328 e. The van der Waals surface area contributed by atoms with Crippen LogP contribution in [0.15, 0.2) is 30.6 Å². The zero-order chi connectivity index (χ0) is 13.2. The molecule has 0 bridgehead atoms. The second kappa shape index (κ2) is 5.09. The molecule has 1 heterocycles. The maximum Gasteiger partial charge on any atom is 0.133 e. The minimum absolute atomic E-state index is 0.212. The van der Waals surface area contributed by atoms with Gasteiger partial charge in [0.25, 0.3) is 0 Å². The van der Waals surface area contributed by atoms with Crippen LogP contribution >= 0.6 is 0 Å². The molecule has 2 aromatic rings. The minimum atomic E-state index is -0.212. The normalized spacial score (nSPS) is 22.2. The van der Waals surface area contributed by atoms with Crippen molar-refractivity contribution in [2.45, 2.75) is 31.8 Å². The third-order valence-electron chi connectivity index (χ3n) is 3.71. The number of rotatable bonds is 4. The molecule has 0 saturated heterocycles. The molecule has 100 valence electrons. The first-order valence-electron chi connectivity index (χ1n) is 6.57. The third kappa shape index (κ3) is 2.81. The number of nitrogens with zero attached hydrogens (tertiary/aromatic N) is 3. The zero-order valence-corrected chi connectivity index (χ0v) is 10.7. The maximum atomic E-state index is 12.9. The molecule has 5 heteroatoms. The van der Waals surface area contributed by atoms with Gasteiger partial charge in [0.15, 0.2) is 0 Å². The van der Waals surface area contributed by atoms with Gasteiger partial charge in [-0.2, -0.15) is 0 Å². The second-order valence-corrected chi connectivity index (χ2v) is 5.30. The van der Waals surface area contributed by atoms with Gasteiger partial charge < -0.3 is 10.3 Å². The van der Waals surface area contributed by atoms with Crippen molar-refractivity contribution in [2.24, 2.45) is 11.7 Å². The number of hydrogen-bond acceptors (Lipinski definition) is 3. The van der Waals surface area contributed by atoms with Gasteiger partial charge in [-0.3, -0.25) is 0 Å². The molecule has 1 saturated carbocycles. The van der Waals surface area contributed by atoms with Gasteiger partial charge >= 0.3 is 0 Å². The Morgan fingerprint density at radius 1 is 1.26 bits per heavy atom. The summed E-state index contributed by atoms with van der Waals surface area (Å²) < 4.78 is 14.9. The Hall–Kier alpha value is -1.75. The SMILES string of the molecule is NC1CC(Cc2nncn2Cc2ccc(F)cc2)C1. The van der Waals surface area contributed by atoms with Crippen molar-refractivity contribution in [3.8, 4) is 0 Å². The molecule has 0 radical (unpaired) electrons. The van der Waals surface area contributed by atoms with Gasteiger partial charge in [-0.15, -0.1) is 10.2 Å². The predicted molar refractivity (Wildman–Crippen MR) is 69.9 cm³/mol. The highest BCUT2D eigenvalue weighted by Crippen LogP contribution is 2.28. The highest BCUT2D eigenvalue weighted by Gasteiger charge is 2.27. The van der Waals surface area contributed by atoms with Gasteiger partial charge in [-0.25, -0.2) is 4.39 Å². The van der Waals surface area contributed by atoms with E-state index in [0.717, 1.165) is 30.7 Å². The predicted octanol–water partition coefficient (Wildman–Crippen LogP) is 1.75. The number of aromatic nitrogens is 3. The second-order valence-electron chi connectivity index (χ2n) is 5.30. The fourth-order valence-corrected chi connectivity index (χ4v) is 2.57. The summed E-state index contributed by atoms with van der Waals surface area (Å²) in [6.45, 7) is 0.682. The molecular formula is C14H17FN4. The number of halogens is 1. The van der Waals surface area contributed by atoms with Crippen molar-refractivity contribution >= 4 is 0 Å². The summed E-state index contributed by atoms with van der Waals surface area (Å²) in [7, 11) is 0. The van der Waals surface area contributed by atoms with Gasteiger partial charge in [-0.1, -0.05) is 12.1 Å². The number of benzene rings is 1.